The Morgan fingerprint density at radius 3 is 2.23 bits per heavy atom. The fraction of sp³-hybridized carbons (Fsp3) is 0.692. The molecule has 3 amide bonds. The quantitative estimate of drug-likeness (QED) is 0.747. The molecule has 4 saturated carbocycles. The summed E-state index contributed by atoms with van der Waals surface area (Å²) in [5.41, 5.74) is 2.66. The van der Waals surface area contributed by atoms with E-state index in [2.05, 4.69) is 29.6 Å². The number of nitrogens with one attached hydrogen (secondary N) is 1. The predicted octanol–water partition coefficient (Wildman–Crippen LogP) is 3.92. The Labute approximate surface area is 185 Å². The number of carbonyl (C=O) groups is 2. The van der Waals surface area contributed by atoms with Gasteiger partial charge in [0, 0.05) is 44.6 Å². The minimum atomic E-state index is -0.0140. The van der Waals surface area contributed by atoms with Crippen LogP contribution in [0.25, 0.3) is 0 Å². The molecule has 0 unspecified atom stereocenters. The second kappa shape index (κ2) is 7.25. The highest BCUT2D eigenvalue weighted by molar-refractivity contribution is 5.75. The minimum absolute atomic E-state index is 0.0140. The summed E-state index contributed by atoms with van der Waals surface area (Å²) in [6.07, 6.45) is 8.64. The summed E-state index contributed by atoms with van der Waals surface area (Å²) < 4.78 is 0. The molecule has 5 nitrogen and oxygen atoms in total. The van der Waals surface area contributed by atoms with E-state index in [1.165, 1.54) is 43.2 Å². The molecule has 2 heterocycles. The molecule has 1 N–H and O–H groups in total. The molecular formula is C26H35N3O2. The maximum atomic E-state index is 13.2. The zero-order valence-electron chi connectivity index (χ0n) is 18.7. The van der Waals surface area contributed by atoms with E-state index in [1.807, 2.05) is 9.80 Å². The Hall–Kier alpha value is -2.04. The van der Waals surface area contributed by atoms with Gasteiger partial charge in [0.15, 0.2) is 0 Å². The molecule has 166 valence electrons. The van der Waals surface area contributed by atoms with Gasteiger partial charge < -0.3 is 15.1 Å². The number of fused-ring (bicyclic) bond motifs is 2. The van der Waals surface area contributed by atoms with Crippen molar-refractivity contribution in [3.63, 3.8) is 0 Å². The maximum Gasteiger partial charge on any atom is 0.317 e. The van der Waals surface area contributed by atoms with Crippen LogP contribution in [0.15, 0.2) is 24.3 Å². The molecule has 0 radical (unpaired) electrons. The molecular weight excluding hydrogens is 386 g/mol. The van der Waals surface area contributed by atoms with Gasteiger partial charge in [0.05, 0.1) is 0 Å². The molecule has 5 heteroatoms. The summed E-state index contributed by atoms with van der Waals surface area (Å²) in [6, 6.07) is 9.16. The molecule has 1 aromatic rings. The lowest BCUT2D eigenvalue weighted by Crippen LogP contribution is -2.60. The molecule has 1 saturated heterocycles. The largest absolute Gasteiger partial charge is 0.338 e. The summed E-state index contributed by atoms with van der Waals surface area (Å²) in [7, 11) is 0. The number of hydrogen-bond donors (Lipinski definition) is 1. The number of piperidine rings is 1. The van der Waals surface area contributed by atoms with E-state index in [9.17, 15) is 9.59 Å². The Morgan fingerprint density at radius 2 is 1.58 bits per heavy atom. The molecule has 4 aliphatic carbocycles. The van der Waals surface area contributed by atoms with Crippen LogP contribution in [0.1, 0.15) is 63.0 Å². The lowest BCUT2D eigenvalue weighted by molar-refractivity contribution is -0.131. The van der Waals surface area contributed by atoms with E-state index in [0.717, 1.165) is 44.3 Å². The summed E-state index contributed by atoms with van der Waals surface area (Å²) in [5, 5.41) is 3.49. The van der Waals surface area contributed by atoms with Crippen molar-refractivity contribution in [2.75, 3.05) is 19.6 Å². The third-order valence-electron chi connectivity index (χ3n) is 9.41. The summed E-state index contributed by atoms with van der Waals surface area (Å²) >= 11 is 0. The van der Waals surface area contributed by atoms with Gasteiger partial charge in [0.1, 0.15) is 0 Å². The van der Waals surface area contributed by atoms with Crippen LogP contribution < -0.4 is 5.32 Å². The number of urea groups is 1. The third-order valence-corrected chi connectivity index (χ3v) is 9.41. The van der Waals surface area contributed by atoms with E-state index in [-0.39, 0.29) is 17.4 Å². The molecule has 1 aromatic carbocycles. The molecule has 0 aromatic heterocycles. The van der Waals surface area contributed by atoms with Gasteiger partial charge in [-0.05, 0) is 79.7 Å². The van der Waals surface area contributed by atoms with Crippen molar-refractivity contribution < 1.29 is 9.59 Å². The summed E-state index contributed by atoms with van der Waals surface area (Å²) in [4.78, 5) is 29.5. The Morgan fingerprint density at radius 1 is 0.935 bits per heavy atom. The number of amides is 3. The highest BCUT2D eigenvalue weighted by Gasteiger charge is 2.49. The fourth-order valence-electron chi connectivity index (χ4n) is 8.07. The van der Waals surface area contributed by atoms with Gasteiger partial charge in [0.2, 0.25) is 5.91 Å². The van der Waals surface area contributed by atoms with E-state index in [0.29, 0.717) is 24.4 Å². The molecule has 4 bridgehead atoms. The fourth-order valence-corrected chi connectivity index (χ4v) is 8.07. The van der Waals surface area contributed by atoms with Crippen molar-refractivity contribution in [1.82, 2.24) is 15.1 Å². The van der Waals surface area contributed by atoms with Gasteiger partial charge in [-0.3, -0.25) is 4.79 Å². The lowest BCUT2D eigenvalue weighted by atomic mass is 9.54. The first-order chi connectivity index (χ1) is 15.0. The number of benzene rings is 1. The molecule has 5 fully saturated rings. The van der Waals surface area contributed by atoms with Gasteiger partial charge in [-0.15, -0.1) is 0 Å². The molecule has 1 spiro atoms. The zero-order valence-corrected chi connectivity index (χ0v) is 18.7. The number of nitrogens with zero attached hydrogens (tertiary/aromatic N) is 2. The van der Waals surface area contributed by atoms with E-state index in [1.54, 1.807) is 6.92 Å². The zero-order chi connectivity index (χ0) is 21.2. The SMILES string of the molecule is CC(=O)N1Cc2ccccc2C2(CCN(C(=O)NC3C4CC5CC(C4)CC3C5)CC2)C1. The van der Waals surface area contributed by atoms with E-state index in [4.69, 9.17) is 0 Å². The minimum Gasteiger partial charge on any atom is -0.338 e. The first-order valence-corrected chi connectivity index (χ1v) is 12.4. The third kappa shape index (κ3) is 3.27. The van der Waals surface area contributed by atoms with Crippen molar-refractivity contribution in [3.05, 3.63) is 35.4 Å². The second-order valence-electron chi connectivity index (χ2n) is 11.2. The van der Waals surface area contributed by atoms with E-state index >= 15 is 0 Å². The first kappa shape index (κ1) is 19.6. The Balaban J connectivity index is 1.14. The van der Waals surface area contributed by atoms with Gasteiger partial charge in [-0.2, -0.15) is 0 Å². The number of likely N-dealkylation sites (tertiary alicyclic amines) is 1. The first-order valence-electron chi connectivity index (χ1n) is 12.4. The van der Waals surface area contributed by atoms with Crippen LogP contribution in [0.4, 0.5) is 4.79 Å². The molecule has 31 heavy (non-hydrogen) atoms. The number of hydrogen-bond acceptors (Lipinski definition) is 2. The molecule has 0 atom stereocenters. The van der Waals surface area contributed by atoms with Crippen LogP contribution in [0.3, 0.4) is 0 Å². The normalized spacial score (nSPS) is 35.2. The highest BCUT2D eigenvalue weighted by Crippen LogP contribution is 2.53. The highest BCUT2D eigenvalue weighted by atomic mass is 16.2. The number of carbonyl (C=O) groups excluding carboxylic acids is 2. The van der Waals surface area contributed by atoms with Crippen LogP contribution >= 0.6 is 0 Å². The van der Waals surface area contributed by atoms with Crippen LogP contribution in [0.5, 0.6) is 0 Å². The van der Waals surface area contributed by atoms with Crippen LogP contribution in [-0.2, 0) is 16.8 Å². The average molecular weight is 422 g/mol. The van der Waals surface area contributed by atoms with Crippen molar-refractivity contribution in [1.29, 1.82) is 0 Å². The van der Waals surface area contributed by atoms with Gasteiger partial charge in [-0.1, -0.05) is 24.3 Å². The van der Waals surface area contributed by atoms with Gasteiger partial charge in [-0.25, -0.2) is 4.79 Å². The number of rotatable bonds is 1. The lowest BCUT2D eigenvalue weighted by Gasteiger charge is -2.55. The molecule has 2 aliphatic heterocycles. The standard InChI is InChI=1S/C26H35N3O2/c1-17(30)29-15-20-4-2-3-5-23(20)26(16-29)6-8-28(9-7-26)25(31)27-24-21-11-18-10-19(13-21)14-22(24)12-18/h2-5,18-19,21-22,24H,6-16H2,1H3,(H,27,31). The second-order valence-corrected chi connectivity index (χ2v) is 11.2. The van der Waals surface area contributed by atoms with Gasteiger partial charge >= 0.3 is 6.03 Å². The predicted molar refractivity (Wildman–Crippen MR) is 119 cm³/mol. The average Bonchev–Trinajstić information content (AvgIpc) is 2.76. The van der Waals surface area contributed by atoms with Crippen molar-refractivity contribution in [2.24, 2.45) is 23.7 Å². The maximum absolute atomic E-state index is 13.2. The molecule has 6 aliphatic rings. The monoisotopic (exact) mass is 421 g/mol. The van der Waals surface area contributed by atoms with Gasteiger partial charge in [0.25, 0.3) is 0 Å². The van der Waals surface area contributed by atoms with E-state index < -0.39 is 0 Å². The van der Waals surface area contributed by atoms with Crippen LogP contribution in [-0.4, -0.2) is 47.4 Å². The van der Waals surface area contributed by atoms with Crippen LogP contribution in [0.2, 0.25) is 0 Å². The summed E-state index contributed by atoms with van der Waals surface area (Å²) in [6.45, 7) is 4.72. The van der Waals surface area contributed by atoms with Crippen molar-refractivity contribution >= 4 is 11.9 Å². The van der Waals surface area contributed by atoms with Crippen molar-refractivity contribution in [3.8, 4) is 0 Å². The summed E-state index contributed by atoms with van der Waals surface area (Å²) in [5.74, 6) is 3.44. The Kier molecular flexibility index (Phi) is 4.59. The van der Waals surface area contributed by atoms with Crippen molar-refractivity contribution in [2.45, 2.75) is 69.9 Å². The Bertz CT molecular complexity index is 860. The topological polar surface area (TPSA) is 52.7 Å². The van der Waals surface area contributed by atoms with Crippen LogP contribution in [0, 0.1) is 23.7 Å². The molecule has 7 rings (SSSR count). The smallest absolute Gasteiger partial charge is 0.317 e.